The average Bonchev–Trinajstić information content (AvgIpc) is 3.10. The van der Waals surface area contributed by atoms with Crippen LogP contribution >= 0.6 is 0 Å². The number of carboxylic acids is 2. The van der Waals surface area contributed by atoms with Gasteiger partial charge in [-0.25, -0.2) is 9.59 Å². The first-order chi connectivity index (χ1) is 25.4. The Hall–Kier alpha value is -2.76. The number of hydrogen-bond acceptors (Lipinski definition) is 20. The van der Waals surface area contributed by atoms with E-state index in [0.717, 1.165) is 13.8 Å². The molecule has 20 atom stereocenters. The van der Waals surface area contributed by atoms with Crippen LogP contribution in [-0.4, -0.2) is 212 Å². The van der Waals surface area contributed by atoms with E-state index in [-0.39, 0.29) is 0 Å². The van der Waals surface area contributed by atoms with Crippen LogP contribution in [0.5, 0.6) is 0 Å². The first-order valence-electron chi connectivity index (χ1n) is 16.8. The van der Waals surface area contributed by atoms with E-state index in [0.29, 0.717) is 0 Å². The van der Waals surface area contributed by atoms with Crippen molar-refractivity contribution in [3.05, 3.63) is 0 Å². The molecule has 0 spiro atoms. The number of ether oxygens (including phenoxy) is 8. The second-order valence-corrected chi connectivity index (χ2v) is 13.3. The van der Waals surface area contributed by atoms with E-state index >= 15 is 0 Å². The molecule has 0 bridgehead atoms. The molecule has 0 aliphatic carbocycles. The molecule has 4 saturated heterocycles. The van der Waals surface area contributed by atoms with Gasteiger partial charge < -0.3 is 99.6 Å². The third kappa shape index (κ3) is 9.26. The third-order valence-corrected chi connectivity index (χ3v) is 9.51. The van der Waals surface area contributed by atoms with Crippen molar-refractivity contribution >= 4 is 23.8 Å². The van der Waals surface area contributed by atoms with Crippen LogP contribution in [0, 0.1) is 5.92 Å². The smallest absolute Gasteiger partial charge is 0.335 e. The molecule has 4 fully saturated rings. The van der Waals surface area contributed by atoms with Crippen LogP contribution in [0.25, 0.3) is 0 Å². The van der Waals surface area contributed by atoms with Crippen LogP contribution in [0.4, 0.5) is 0 Å². The summed E-state index contributed by atoms with van der Waals surface area (Å²) in [5.74, 6) is -5.95. The number of aliphatic hydroxyl groups excluding tert-OH is 8. The molecule has 4 heterocycles. The molecule has 310 valence electrons. The summed E-state index contributed by atoms with van der Waals surface area (Å²) in [4.78, 5) is 48.7. The molecule has 19 unspecified atom stereocenters. The van der Waals surface area contributed by atoms with Crippen molar-refractivity contribution in [3.8, 4) is 0 Å². The van der Waals surface area contributed by atoms with Gasteiger partial charge in [-0.05, 0) is 0 Å². The van der Waals surface area contributed by atoms with Crippen molar-refractivity contribution in [1.29, 1.82) is 0 Å². The van der Waals surface area contributed by atoms with E-state index in [1.165, 1.54) is 14.0 Å². The predicted octanol–water partition coefficient (Wildman–Crippen LogP) is -7.35. The fraction of sp³-hybridized carbons (Fsp3) is 0.867. The number of aliphatic hydroxyl groups is 8. The van der Waals surface area contributed by atoms with Crippen molar-refractivity contribution in [3.63, 3.8) is 0 Å². The molecule has 24 nitrogen and oxygen atoms in total. The number of rotatable bonds is 13. The lowest BCUT2D eigenvalue weighted by Gasteiger charge is -2.50. The highest BCUT2D eigenvalue weighted by atomic mass is 16.8. The molecule has 54 heavy (non-hydrogen) atoms. The minimum atomic E-state index is -2.25. The summed E-state index contributed by atoms with van der Waals surface area (Å²) in [6.45, 7) is 1.67. The molecular formula is C30H48N2O22. The molecule has 24 heteroatoms. The summed E-state index contributed by atoms with van der Waals surface area (Å²) >= 11 is 0. The SMILES string of the molecule is COC1OC(CO)C(O)C(OC2OC(C(=O)O)C(OC3OC(CO)C(O)C(OC4OC(C(=O)O)[C@@H](C)C(O)C4O)C3NC(C)=O)C(O)C2O)C1NC(C)=O. The maximum absolute atomic E-state index is 12.5. The van der Waals surface area contributed by atoms with Crippen molar-refractivity contribution in [2.45, 2.75) is 137 Å². The van der Waals surface area contributed by atoms with Crippen LogP contribution in [0.2, 0.25) is 0 Å². The number of aliphatic carboxylic acids is 2. The van der Waals surface area contributed by atoms with Gasteiger partial charge >= 0.3 is 11.9 Å². The van der Waals surface area contributed by atoms with Crippen LogP contribution in [-0.2, 0) is 57.1 Å². The minimum absolute atomic E-state index is 0.650. The largest absolute Gasteiger partial charge is 0.479 e. The summed E-state index contributed by atoms with van der Waals surface area (Å²) < 4.78 is 44.4. The molecule has 0 aromatic carbocycles. The monoisotopic (exact) mass is 788 g/mol. The summed E-state index contributed by atoms with van der Waals surface area (Å²) in [6, 6.07) is -3.05. The minimum Gasteiger partial charge on any atom is -0.479 e. The third-order valence-electron chi connectivity index (χ3n) is 9.51. The van der Waals surface area contributed by atoms with Gasteiger partial charge in [0.05, 0.1) is 19.3 Å². The summed E-state index contributed by atoms with van der Waals surface area (Å²) in [7, 11) is 1.18. The Kier molecular flexibility index (Phi) is 15.0. The zero-order valence-electron chi connectivity index (χ0n) is 29.3. The highest BCUT2D eigenvalue weighted by Gasteiger charge is 2.57. The lowest BCUT2D eigenvalue weighted by Crippen LogP contribution is -2.70. The Morgan fingerprint density at radius 2 is 0.963 bits per heavy atom. The van der Waals surface area contributed by atoms with Crippen LogP contribution in [0.15, 0.2) is 0 Å². The molecular weight excluding hydrogens is 740 g/mol. The van der Waals surface area contributed by atoms with Gasteiger partial charge in [0.25, 0.3) is 0 Å². The maximum Gasteiger partial charge on any atom is 0.335 e. The van der Waals surface area contributed by atoms with Crippen LogP contribution in [0.1, 0.15) is 20.8 Å². The Morgan fingerprint density at radius 1 is 0.556 bits per heavy atom. The van der Waals surface area contributed by atoms with Crippen molar-refractivity contribution in [2.24, 2.45) is 5.92 Å². The van der Waals surface area contributed by atoms with Gasteiger partial charge in [0, 0.05) is 26.9 Å². The van der Waals surface area contributed by atoms with Crippen LogP contribution in [0.3, 0.4) is 0 Å². The number of methoxy groups -OCH3 is 1. The molecule has 0 aromatic rings. The molecule has 0 saturated carbocycles. The first kappa shape index (κ1) is 44.0. The normalized spacial score (nSPS) is 45.6. The van der Waals surface area contributed by atoms with Gasteiger partial charge in [0.2, 0.25) is 11.8 Å². The highest BCUT2D eigenvalue weighted by molar-refractivity contribution is 5.74. The molecule has 0 aromatic heterocycles. The molecule has 0 radical (unpaired) electrons. The number of carboxylic acid groups (broad SMARTS) is 2. The van der Waals surface area contributed by atoms with Gasteiger partial charge in [-0.2, -0.15) is 0 Å². The Labute approximate surface area is 306 Å². The Balaban J connectivity index is 1.62. The number of carbonyl (C=O) groups is 4. The van der Waals surface area contributed by atoms with Gasteiger partial charge in [0.1, 0.15) is 73.1 Å². The van der Waals surface area contributed by atoms with Crippen molar-refractivity contribution in [2.75, 3.05) is 20.3 Å². The number of hydrogen-bond donors (Lipinski definition) is 12. The van der Waals surface area contributed by atoms with E-state index in [4.69, 9.17) is 37.9 Å². The first-order valence-corrected chi connectivity index (χ1v) is 16.8. The quantitative estimate of drug-likeness (QED) is 0.0824. The summed E-state index contributed by atoms with van der Waals surface area (Å²) in [5.41, 5.74) is 0. The maximum atomic E-state index is 12.5. The molecule has 4 aliphatic heterocycles. The zero-order valence-corrected chi connectivity index (χ0v) is 29.3. The van der Waals surface area contributed by atoms with Crippen LogP contribution < -0.4 is 10.6 Å². The van der Waals surface area contributed by atoms with Crippen molar-refractivity contribution < 1.29 is 108 Å². The summed E-state index contributed by atoms with van der Waals surface area (Å²) in [6.07, 6.45) is -31.5. The average molecular weight is 789 g/mol. The second-order valence-electron chi connectivity index (χ2n) is 13.3. The molecule has 4 aliphatic rings. The topological polar surface area (TPSA) is 368 Å². The fourth-order valence-electron chi connectivity index (χ4n) is 6.71. The predicted molar refractivity (Wildman–Crippen MR) is 166 cm³/mol. The lowest BCUT2D eigenvalue weighted by molar-refractivity contribution is -0.368. The van der Waals surface area contributed by atoms with Crippen molar-refractivity contribution in [1.82, 2.24) is 10.6 Å². The Bertz CT molecular complexity index is 1310. The number of nitrogens with one attached hydrogen (secondary N) is 2. The van der Waals surface area contributed by atoms with E-state index in [2.05, 4.69) is 10.6 Å². The van der Waals surface area contributed by atoms with Gasteiger partial charge in [0.15, 0.2) is 37.4 Å². The van der Waals surface area contributed by atoms with Gasteiger partial charge in [-0.15, -0.1) is 0 Å². The van der Waals surface area contributed by atoms with Gasteiger partial charge in [-0.1, -0.05) is 6.92 Å². The zero-order chi connectivity index (χ0) is 40.3. The second kappa shape index (κ2) is 18.5. The van der Waals surface area contributed by atoms with E-state index in [1.807, 2.05) is 0 Å². The lowest BCUT2D eigenvalue weighted by atomic mass is 9.90. The molecule has 12 N–H and O–H groups in total. The highest BCUT2D eigenvalue weighted by Crippen LogP contribution is 2.35. The molecule has 2 amide bonds. The summed E-state index contributed by atoms with van der Waals surface area (Å²) in [5, 5.41) is 110. The fourth-order valence-corrected chi connectivity index (χ4v) is 6.71. The number of carbonyl (C=O) groups excluding carboxylic acids is 2. The number of amides is 2. The van der Waals surface area contributed by atoms with E-state index in [1.54, 1.807) is 0 Å². The van der Waals surface area contributed by atoms with Gasteiger partial charge in [-0.3, -0.25) is 9.59 Å². The van der Waals surface area contributed by atoms with E-state index < -0.39 is 159 Å². The standard InChI is InChI=1S/C30H48N2O22/c1-7-14(37)18(41)29(50-20(7)25(43)44)52-22-13(32-9(3)36)28(49-11(6-34)16(22)39)53-23-17(40)19(42)30(54-24(23)26(45)46)51-21-12(31-8(2)35)27(47-4)48-10(5-33)15(21)38/h7,10-24,27-30,33-34,37-42H,5-6H2,1-4H3,(H,31,35)(H,32,36)(H,43,44)(H,45,46)/t7-,10?,11?,12?,13?,14?,15?,16?,17?,18?,19?,20?,21?,22?,23?,24?,27?,28?,29?,30?/m0/s1. The molecule has 4 rings (SSSR count). The Morgan fingerprint density at radius 3 is 1.39 bits per heavy atom. The van der Waals surface area contributed by atoms with E-state index in [9.17, 15) is 70.2 Å².